The number of furan rings is 1. The number of nitrogens with one attached hydrogen (secondary N) is 1. The van der Waals surface area contributed by atoms with Crippen LogP contribution in [0.3, 0.4) is 0 Å². The number of carbonyl (C=O) groups is 1. The number of aromatic nitrogens is 4. The molecule has 3 aromatic rings. The van der Waals surface area contributed by atoms with E-state index >= 15 is 0 Å². The molecule has 9 heteroatoms. The second-order valence-electron chi connectivity index (χ2n) is 8.55. The first-order valence-corrected chi connectivity index (χ1v) is 10.8. The molecule has 1 fully saturated rings. The molecule has 0 saturated heterocycles. The van der Waals surface area contributed by atoms with E-state index in [1.165, 1.54) is 12.7 Å². The number of anilines is 1. The van der Waals surface area contributed by atoms with Crippen LogP contribution in [0.4, 0.5) is 5.82 Å². The predicted octanol–water partition coefficient (Wildman–Crippen LogP) is 3.27. The average Bonchev–Trinajstić information content (AvgIpc) is 3.39. The third-order valence-electron chi connectivity index (χ3n) is 6.00. The molecule has 1 aliphatic heterocycles. The van der Waals surface area contributed by atoms with Crippen LogP contribution in [0.5, 0.6) is 5.88 Å². The van der Waals surface area contributed by atoms with Crippen molar-refractivity contribution < 1.29 is 13.9 Å². The van der Waals surface area contributed by atoms with E-state index in [1.54, 1.807) is 11.8 Å². The number of hydrogen-bond donors (Lipinski definition) is 1. The van der Waals surface area contributed by atoms with Crippen molar-refractivity contribution in [2.24, 2.45) is 0 Å². The first kappa shape index (κ1) is 19.7. The van der Waals surface area contributed by atoms with E-state index in [9.17, 15) is 4.79 Å². The Kier molecular flexibility index (Phi) is 4.75. The summed E-state index contributed by atoms with van der Waals surface area (Å²) in [4.78, 5) is 32.8. The van der Waals surface area contributed by atoms with Gasteiger partial charge in [-0.25, -0.2) is 19.9 Å². The second kappa shape index (κ2) is 7.47. The van der Waals surface area contributed by atoms with Crippen molar-refractivity contribution in [2.45, 2.75) is 58.5 Å². The molecule has 9 nitrogen and oxygen atoms in total. The molecule has 3 aromatic heterocycles. The van der Waals surface area contributed by atoms with Gasteiger partial charge in [0.1, 0.15) is 24.2 Å². The Morgan fingerprint density at radius 1 is 1.26 bits per heavy atom. The Bertz CT molecular complexity index is 1150. The maximum absolute atomic E-state index is 13.6. The van der Waals surface area contributed by atoms with Crippen molar-refractivity contribution in [3.05, 3.63) is 35.2 Å². The van der Waals surface area contributed by atoms with Crippen LogP contribution in [0.1, 0.15) is 60.5 Å². The van der Waals surface area contributed by atoms with Gasteiger partial charge in [-0.15, -0.1) is 0 Å². The lowest BCUT2D eigenvalue weighted by Gasteiger charge is -2.28. The molecule has 0 bridgehead atoms. The summed E-state index contributed by atoms with van der Waals surface area (Å²) in [6.07, 6.45) is 6.68. The first-order chi connectivity index (χ1) is 15.0. The molecule has 0 spiro atoms. The van der Waals surface area contributed by atoms with Gasteiger partial charge in [-0.05, 0) is 39.5 Å². The van der Waals surface area contributed by atoms with Crippen LogP contribution < -0.4 is 10.1 Å². The average molecular weight is 422 g/mol. The summed E-state index contributed by atoms with van der Waals surface area (Å²) in [7, 11) is 0. The molecule has 162 valence electrons. The lowest BCUT2D eigenvalue weighted by Crippen LogP contribution is -2.37. The monoisotopic (exact) mass is 422 g/mol. The Labute approximate surface area is 180 Å². The SMILES string of the molecule is CCCOc1ncnc2c1CCN(C(=O)c1c(C)oc3ncnc(NC4(C)CC4)c13)C2. The van der Waals surface area contributed by atoms with Gasteiger partial charge in [-0.2, -0.15) is 0 Å². The van der Waals surface area contributed by atoms with Gasteiger partial charge in [-0.3, -0.25) is 4.79 Å². The lowest BCUT2D eigenvalue weighted by atomic mass is 10.0. The standard InChI is InChI=1S/C22H26N6O3/c1-4-9-30-19-14-5-8-28(10-15(14)23-11-25-19)21(29)16-13(2)31-20-17(16)18(24-12-26-20)27-22(3)6-7-22/h11-12H,4-10H2,1-3H3,(H,24,26,27). The number of amides is 1. The van der Waals surface area contributed by atoms with Crippen LogP contribution in [0.25, 0.3) is 11.1 Å². The van der Waals surface area contributed by atoms with Gasteiger partial charge in [0, 0.05) is 17.6 Å². The zero-order valence-corrected chi connectivity index (χ0v) is 18.1. The third kappa shape index (κ3) is 3.58. The number of carbonyl (C=O) groups excluding carboxylic acids is 1. The van der Waals surface area contributed by atoms with Gasteiger partial charge in [0.05, 0.1) is 29.8 Å². The Morgan fingerprint density at radius 2 is 2.06 bits per heavy atom. The zero-order valence-electron chi connectivity index (χ0n) is 18.1. The number of rotatable bonds is 6. The van der Waals surface area contributed by atoms with Crippen molar-refractivity contribution in [1.82, 2.24) is 24.8 Å². The summed E-state index contributed by atoms with van der Waals surface area (Å²) < 4.78 is 11.6. The maximum Gasteiger partial charge on any atom is 0.258 e. The molecular weight excluding hydrogens is 396 g/mol. The summed E-state index contributed by atoms with van der Waals surface area (Å²) in [5.41, 5.74) is 2.77. The van der Waals surface area contributed by atoms with E-state index in [0.29, 0.717) is 60.2 Å². The van der Waals surface area contributed by atoms with Crippen LogP contribution in [0, 0.1) is 6.92 Å². The molecule has 1 saturated carbocycles. The molecule has 0 radical (unpaired) electrons. The van der Waals surface area contributed by atoms with Gasteiger partial charge < -0.3 is 19.4 Å². The van der Waals surface area contributed by atoms with E-state index in [1.807, 2.05) is 0 Å². The fourth-order valence-electron chi connectivity index (χ4n) is 3.97. The lowest BCUT2D eigenvalue weighted by molar-refractivity contribution is 0.0730. The number of fused-ring (bicyclic) bond motifs is 2. The van der Waals surface area contributed by atoms with Gasteiger partial charge in [0.2, 0.25) is 11.6 Å². The Morgan fingerprint density at radius 3 is 2.84 bits per heavy atom. The third-order valence-corrected chi connectivity index (χ3v) is 6.00. The predicted molar refractivity (Wildman–Crippen MR) is 114 cm³/mol. The maximum atomic E-state index is 13.6. The van der Waals surface area contributed by atoms with E-state index in [4.69, 9.17) is 9.15 Å². The topological polar surface area (TPSA) is 106 Å². The van der Waals surface area contributed by atoms with Crippen molar-refractivity contribution in [1.29, 1.82) is 0 Å². The zero-order chi connectivity index (χ0) is 21.6. The Hall–Kier alpha value is -3.23. The van der Waals surface area contributed by atoms with E-state index in [0.717, 1.165) is 30.5 Å². The van der Waals surface area contributed by atoms with Crippen LogP contribution >= 0.6 is 0 Å². The second-order valence-corrected chi connectivity index (χ2v) is 8.55. The van der Waals surface area contributed by atoms with Gasteiger partial charge >= 0.3 is 0 Å². The largest absolute Gasteiger partial charge is 0.477 e. The van der Waals surface area contributed by atoms with Crippen LogP contribution in [-0.2, 0) is 13.0 Å². The fourth-order valence-corrected chi connectivity index (χ4v) is 3.97. The smallest absolute Gasteiger partial charge is 0.258 e. The molecular formula is C22H26N6O3. The molecule has 1 aliphatic carbocycles. The van der Waals surface area contributed by atoms with E-state index in [2.05, 4.69) is 39.1 Å². The van der Waals surface area contributed by atoms with Crippen molar-refractivity contribution in [3.63, 3.8) is 0 Å². The molecule has 1 N–H and O–H groups in total. The molecule has 4 heterocycles. The molecule has 1 amide bonds. The van der Waals surface area contributed by atoms with Crippen molar-refractivity contribution in [2.75, 3.05) is 18.5 Å². The van der Waals surface area contributed by atoms with Gasteiger partial charge in [-0.1, -0.05) is 6.92 Å². The number of ether oxygens (including phenoxy) is 1. The fraction of sp³-hybridized carbons (Fsp3) is 0.500. The molecule has 0 unspecified atom stereocenters. The van der Waals surface area contributed by atoms with Gasteiger partial charge in [0.15, 0.2) is 0 Å². The highest BCUT2D eigenvalue weighted by Crippen LogP contribution is 2.40. The highest BCUT2D eigenvalue weighted by Gasteiger charge is 2.39. The van der Waals surface area contributed by atoms with Crippen LogP contribution in [0.15, 0.2) is 17.1 Å². The minimum Gasteiger partial charge on any atom is -0.477 e. The Balaban J connectivity index is 1.47. The first-order valence-electron chi connectivity index (χ1n) is 10.8. The number of aryl methyl sites for hydroxylation is 1. The number of hydrogen-bond acceptors (Lipinski definition) is 8. The van der Waals surface area contributed by atoms with Gasteiger partial charge in [0.25, 0.3) is 5.91 Å². The number of nitrogens with zero attached hydrogens (tertiary/aromatic N) is 5. The van der Waals surface area contributed by atoms with Crippen molar-refractivity contribution >= 4 is 22.8 Å². The summed E-state index contributed by atoms with van der Waals surface area (Å²) in [5.74, 6) is 1.72. The highest BCUT2D eigenvalue weighted by atomic mass is 16.5. The quantitative estimate of drug-likeness (QED) is 0.645. The van der Waals surface area contributed by atoms with Crippen LogP contribution in [-0.4, -0.2) is 49.4 Å². The highest BCUT2D eigenvalue weighted by molar-refractivity contribution is 6.10. The van der Waals surface area contributed by atoms with E-state index in [-0.39, 0.29) is 11.4 Å². The molecule has 0 atom stereocenters. The molecule has 0 aromatic carbocycles. The van der Waals surface area contributed by atoms with E-state index < -0.39 is 0 Å². The summed E-state index contributed by atoms with van der Waals surface area (Å²) in [6.45, 7) is 7.58. The summed E-state index contributed by atoms with van der Waals surface area (Å²) in [6, 6.07) is 0. The van der Waals surface area contributed by atoms with Crippen molar-refractivity contribution in [3.8, 4) is 5.88 Å². The summed E-state index contributed by atoms with van der Waals surface area (Å²) in [5, 5.41) is 4.12. The molecule has 31 heavy (non-hydrogen) atoms. The molecule has 5 rings (SSSR count). The minimum atomic E-state index is -0.102. The van der Waals surface area contributed by atoms with Crippen LogP contribution in [0.2, 0.25) is 0 Å². The summed E-state index contributed by atoms with van der Waals surface area (Å²) >= 11 is 0. The minimum absolute atomic E-state index is 0.0165. The molecule has 2 aliphatic rings. The normalized spacial score (nSPS) is 16.8.